The highest BCUT2D eigenvalue weighted by atomic mass is 35.5. The van der Waals surface area contributed by atoms with Gasteiger partial charge in [-0.05, 0) is 37.3 Å². The molecule has 0 radical (unpaired) electrons. The Morgan fingerprint density at radius 2 is 2.22 bits per heavy atom. The Hall–Kier alpha value is -0.660. The third kappa shape index (κ3) is 4.67. The van der Waals surface area contributed by atoms with Gasteiger partial charge in [0.05, 0.1) is 17.0 Å². The third-order valence-electron chi connectivity index (χ3n) is 3.93. The summed E-state index contributed by atoms with van der Waals surface area (Å²) >= 11 is 3.28. The highest BCUT2D eigenvalue weighted by Gasteiger charge is 2.31. The molecule has 128 valence electrons. The first kappa shape index (κ1) is 20.4. The Morgan fingerprint density at radius 1 is 1.43 bits per heavy atom. The molecule has 3 heterocycles. The van der Waals surface area contributed by atoms with E-state index in [-0.39, 0.29) is 30.7 Å². The zero-order valence-corrected chi connectivity index (χ0v) is 16.1. The summed E-state index contributed by atoms with van der Waals surface area (Å²) in [5, 5.41) is 5.04. The van der Waals surface area contributed by atoms with Crippen molar-refractivity contribution in [2.75, 3.05) is 13.1 Å². The average molecular weight is 394 g/mol. The number of amides is 1. The van der Waals surface area contributed by atoms with Gasteiger partial charge in [-0.25, -0.2) is 4.98 Å². The Kier molecular flexibility index (Phi) is 7.97. The van der Waals surface area contributed by atoms with Crippen LogP contribution in [0.15, 0.2) is 22.9 Å². The van der Waals surface area contributed by atoms with Crippen LogP contribution in [0.3, 0.4) is 0 Å². The van der Waals surface area contributed by atoms with Crippen molar-refractivity contribution in [3.05, 3.63) is 28.6 Å². The molecule has 2 unspecified atom stereocenters. The van der Waals surface area contributed by atoms with E-state index in [0.717, 1.165) is 28.5 Å². The number of carbonyl (C=O) groups is 1. The van der Waals surface area contributed by atoms with Gasteiger partial charge < -0.3 is 10.6 Å². The minimum atomic E-state index is 0. The number of aromatic nitrogens is 1. The van der Waals surface area contributed by atoms with Crippen LogP contribution in [0.25, 0.3) is 9.88 Å². The van der Waals surface area contributed by atoms with Crippen molar-refractivity contribution in [3.8, 4) is 9.88 Å². The van der Waals surface area contributed by atoms with Crippen LogP contribution in [0.5, 0.6) is 0 Å². The lowest BCUT2D eigenvalue weighted by Gasteiger charge is -2.21. The maximum Gasteiger partial charge on any atom is 0.228 e. The van der Waals surface area contributed by atoms with E-state index in [0.29, 0.717) is 24.9 Å². The van der Waals surface area contributed by atoms with E-state index in [4.69, 9.17) is 5.73 Å². The number of hydrogen-bond donors (Lipinski definition) is 1. The number of nitrogens with zero attached hydrogens (tertiary/aromatic N) is 2. The van der Waals surface area contributed by atoms with Crippen LogP contribution < -0.4 is 5.73 Å². The molecule has 1 fully saturated rings. The topological polar surface area (TPSA) is 59.2 Å². The predicted molar refractivity (Wildman–Crippen MR) is 102 cm³/mol. The molecule has 0 bridgehead atoms. The van der Waals surface area contributed by atoms with Crippen LogP contribution in [0.2, 0.25) is 0 Å². The quantitative estimate of drug-likeness (QED) is 0.864. The van der Waals surface area contributed by atoms with Gasteiger partial charge in [0.2, 0.25) is 5.91 Å². The van der Waals surface area contributed by atoms with E-state index in [2.05, 4.69) is 18.0 Å². The number of rotatable bonds is 4. The molecule has 1 saturated heterocycles. The first-order valence-electron chi connectivity index (χ1n) is 7.15. The van der Waals surface area contributed by atoms with E-state index in [9.17, 15) is 4.79 Å². The number of hydrogen-bond acceptors (Lipinski definition) is 5. The van der Waals surface area contributed by atoms with Crippen molar-refractivity contribution >= 4 is 53.4 Å². The van der Waals surface area contributed by atoms with Crippen molar-refractivity contribution in [2.45, 2.75) is 25.8 Å². The summed E-state index contributed by atoms with van der Waals surface area (Å²) in [6, 6.07) is 4.37. The molecule has 1 aliphatic rings. The van der Waals surface area contributed by atoms with Crippen molar-refractivity contribution in [2.24, 2.45) is 11.7 Å². The molecule has 0 saturated carbocycles. The lowest BCUT2D eigenvalue weighted by molar-refractivity contribution is -0.131. The van der Waals surface area contributed by atoms with Crippen molar-refractivity contribution in [1.29, 1.82) is 0 Å². The molecule has 3 rings (SSSR count). The van der Waals surface area contributed by atoms with Crippen LogP contribution in [0.1, 0.15) is 19.0 Å². The van der Waals surface area contributed by atoms with Gasteiger partial charge in [-0.3, -0.25) is 4.79 Å². The van der Waals surface area contributed by atoms with Gasteiger partial charge in [0.25, 0.3) is 0 Å². The molecule has 0 aromatic carbocycles. The van der Waals surface area contributed by atoms with Gasteiger partial charge in [-0.2, -0.15) is 0 Å². The monoisotopic (exact) mass is 393 g/mol. The average Bonchev–Trinajstić information content (AvgIpc) is 3.17. The highest BCUT2D eigenvalue weighted by Crippen LogP contribution is 2.28. The van der Waals surface area contributed by atoms with Gasteiger partial charge in [-0.15, -0.1) is 47.5 Å². The first-order valence-corrected chi connectivity index (χ1v) is 8.91. The summed E-state index contributed by atoms with van der Waals surface area (Å²) in [6.07, 6.45) is 1.41. The van der Waals surface area contributed by atoms with Crippen LogP contribution in [-0.2, 0) is 11.2 Å². The summed E-state index contributed by atoms with van der Waals surface area (Å²) in [7, 11) is 0. The minimum absolute atomic E-state index is 0. The number of carbonyl (C=O) groups excluding carboxylic acids is 1. The smallest absolute Gasteiger partial charge is 0.228 e. The molecule has 8 heteroatoms. The fraction of sp³-hybridized carbons (Fsp3) is 0.467. The van der Waals surface area contributed by atoms with Gasteiger partial charge in [0, 0.05) is 18.0 Å². The van der Waals surface area contributed by atoms with Crippen molar-refractivity contribution < 1.29 is 4.79 Å². The summed E-state index contributed by atoms with van der Waals surface area (Å²) in [5.41, 5.74) is 6.59. The molecular formula is C15H21Cl2N3OS2. The van der Waals surface area contributed by atoms with Crippen LogP contribution in [0, 0.1) is 5.92 Å². The van der Waals surface area contributed by atoms with Crippen LogP contribution in [-0.4, -0.2) is 34.9 Å². The highest BCUT2D eigenvalue weighted by molar-refractivity contribution is 7.20. The normalized spacial score (nSPS) is 20.0. The fourth-order valence-electron chi connectivity index (χ4n) is 2.82. The molecule has 2 aromatic heterocycles. The van der Waals surface area contributed by atoms with Gasteiger partial charge in [0.1, 0.15) is 5.01 Å². The molecule has 0 spiro atoms. The SMILES string of the molecule is CC1CC(CN)CN1C(=O)Cc1csc(-c2cccs2)n1.Cl.Cl. The summed E-state index contributed by atoms with van der Waals surface area (Å²) in [6.45, 7) is 3.55. The second-order valence-electron chi connectivity index (χ2n) is 5.53. The molecule has 0 aliphatic carbocycles. The van der Waals surface area contributed by atoms with Crippen LogP contribution >= 0.6 is 47.5 Å². The first-order chi connectivity index (χ1) is 10.2. The zero-order chi connectivity index (χ0) is 14.8. The van der Waals surface area contributed by atoms with Gasteiger partial charge in [0.15, 0.2) is 0 Å². The number of halogens is 2. The largest absolute Gasteiger partial charge is 0.339 e. The van der Waals surface area contributed by atoms with E-state index >= 15 is 0 Å². The number of thiazole rings is 1. The molecule has 4 nitrogen and oxygen atoms in total. The molecular weight excluding hydrogens is 373 g/mol. The molecule has 1 amide bonds. The third-order valence-corrected chi connectivity index (χ3v) is 5.86. The Labute approximate surface area is 156 Å². The zero-order valence-electron chi connectivity index (χ0n) is 12.8. The Balaban J connectivity index is 0.00000132. The van der Waals surface area contributed by atoms with E-state index in [1.54, 1.807) is 22.7 Å². The summed E-state index contributed by atoms with van der Waals surface area (Å²) in [4.78, 5) is 20.1. The molecule has 2 N–H and O–H groups in total. The van der Waals surface area contributed by atoms with Gasteiger partial charge in [-0.1, -0.05) is 6.07 Å². The minimum Gasteiger partial charge on any atom is -0.339 e. The number of thiophene rings is 1. The molecule has 2 atom stereocenters. The predicted octanol–water partition coefficient (Wildman–Crippen LogP) is 3.45. The standard InChI is InChI=1S/C15H19N3OS2.2ClH/c1-10-5-11(7-16)8-18(10)14(19)6-12-9-21-15(17-12)13-3-2-4-20-13;;/h2-4,9-11H,5-8,16H2,1H3;2*1H. The lowest BCUT2D eigenvalue weighted by Crippen LogP contribution is -2.35. The molecule has 2 aromatic rings. The summed E-state index contributed by atoms with van der Waals surface area (Å²) < 4.78 is 0. The van der Waals surface area contributed by atoms with E-state index in [1.165, 1.54) is 0 Å². The van der Waals surface area contributed by atoms with Crippen molar-refractivity contribution in [1.82, 2.24) is 9.88 Å². The second-order valence-corrected chi connectivity index (χ2v) is 7.34. The molecule has 1 aliphatic heterocycles. The van der Waals surface area contributed by atoms with Gasteiger partial charge >= 0.3 is 0 Å². The van der Waals surface area contributed by atoms with Crippen molar-refractivity contribution in [3.63, 3.8) is 0 Å². The Bertz CT molecular complexity index is 618. The van der Waals surface area contributed by atoms with E-state index < -0.39 is 0 Å². The fourth-order valence-corrected chi connectivity index (χ4v) is 4.45. The maximum absolute atomic E-state index is 12.4. The number of nitrogens with two attached hydrogens (primary N) is 1. The Morgan fingerprint density at radius 3 is 2.83 bits per heavy atom. The maximum atomic E-state index is 12.4. The lowest BCUT2D eigenvalue weighted by atomic mass is 10.1. The number of likely N-dealkylation sites (tertiary alicyclic amines) is 1. The second kappa shape index (κ2) is 8.99. The molecule has 23 heavy (non-hydrogen) atoms. The van der Waals surface area contributed by atoms with E-state index in [1.807, 2.05) is 21.7 Å². The summed E-state index contributed by atoms with van der Waals surface area (Å²) in [5.74, 6) is 0.613. The van der Waals surface area contributed by atoms with Crippen LogP contribution in [0.4, 0.5) is 0 Å².